The van der Waals surface area contributed by atoms with Crippen molar-refractivity contribution >= 4 is 7.92 Å². The Kier molecular flexibility index (Phi) is 3.87. The predicted octanol–water partition coefficient (Wildman–Crippen LogP) is 0.0575. The molecule has 94 valence electrons. The minimum Gasteiger partial charge on any atom is -0.396 e. The lowest BCUT2D eigenvalue weighted by molar-refractivity contribution is 0.193. The number of aliphatic hydroxyl groups excluding tert-OH is 3. The van der Waals surface area contributed by atoms with E-state index in [4.69, 9.17) is 10.2 Å². The Bertz CT molecular complexity index is 231. The van der Waals surface area contributed by atoms with Crippen LogP contribution < -0.4 is 5.32 Å². The second-order valence-electron chi connectivity index (χ2n) is 5.26. The summed E-state index contributed by atoms with van der Waals surface area (Å²) in [6.45, 7) is 0.410. The molecule has 2 bridgehead atoms. The molecule has 0 radical (unpaired) electrons. The summed E-state index contributed by atoms with van der Waals surface area (Å²) in [6.07, 6.45) is 6.04. The highest BCUT2D eigenvalue weighted by atomic mass is 31.1. The van der Waals surface area contributed by atoms with Crippen LogP contribution in [0.1, 0.15) is 25.7 Å². The molecule has 4 N–H and O–H groups in total. The summed E-state index contributed by atoms with van der Waals surface area (Å²) in [7, 11) is -0.335. The molecule has 2 saturated heterocycles. The molecule has 0 aliphatic carbocycles. The van der Waals surface area contributed by atoms with Crippen molar-refractivity contribution in [2.24, 2.45) is 0 Å². The van der Waals surface area contributed by atoms with Crippen LogP contribution in [0.5, 0.6) is 0 Å². The summed E-state index contributed by atoms with van der Waals surface area (Å²) in [5.41, 5.74) is 0.0766. The summed E-state index contributed by atoms with van der Waals surface area (Å²) in [4.78, 5) is 0. The fourth-order valence-corrected chi connectivity index (χ4v) is 6.19. The lowest BCUT2D eigenvalue weighted by Gasteiger charge is -2.45. The quantitative estimate of drug-likeness (QED) is 0.518. The zero-order chi connectivity index (χ0) is 11.6. The van der Waals surface area contributed by atoms with Crippen molar-refractivity contribution in [3.05, 3.63) is 0 Å². The molecular weight excluding hydrogens is 225 g/mol. The molecule has 0 aromatic rings. The van der Waals surface area contributed by atoms with Crippen molar-refractivity contribution in [3.8, 4) is 0 Å². The largest absolute Gasteiger partial charge is 0.396 e. The van der Waals surface area contributed by atoms with E-state index < -0.39 is 0 Å². The molecule has 0 spiro atoms. The monoisotopic (exact) mass is 247 g/mol. The molecule has 2 unspecified atom stereocenters. The lowest BCUT2D eigenvalue weighted by atomic mass is 9.94. The Morgan fingerprint density at radius 3 is 1.81 bits per heavy atom. The van der Waals surface area contributed by atoms with Gasteiger partial charge in [-0.25, -0.2) is 0 Å². The highest BCUT2D eigenvalue weighted by Gasteiger charge is 2.52. The van der Waals surface area contributed by atoms with Gasteiger partial charge in [0.2, 0.25) is 0 Å². The second kappa shape index (κ2) is 4.87. The minimum atomic E-state index is -0.335. The average Bonchev–Trinajstić information content (AvgIpc) is 2.52. The molecule has 5 heteroatoms. The maximum Gasteiger partial charge on any atom is 0.0625 e. The number of fused-ring (bicyclic) bond motifs is 2. The molecule has 4 nitrogen and oxygen atoms in total. The smallest absolute Gasteiger partial charge is 0.0625 e. The Morgan fingerprint density at radius 1 is 0.938 bits per heavy atom. The van der Waals surface area contributed by atoms with E-state index in [1.807, 2.05) is 0 Å². The fraction of sp³-hybridized carbons (Fsp3) is 1.00. The molecule has 2 aliphatic rings. The highest BCUT2D eigenvalue weighted by molar-refractivity contribution is 7.57. The van der Waals surface area contributed by atoms with E-state index >= 15 is 0 Å². The van der Waals surface area contributed by atoms with Gasteiger partial charge in [0, 0.05) is 24.3 Å². The van der Waals surface area contributed by atoms with Gasteiger partial charge in [0.1, 0.15) is 0 Å². The van der Waals surface area contributed by atoms with Gasteiger partial charge in [-0.15, -0.1) is 0 Å². The number of hydrogen-bond acceptors (Lipinski definition) is 4. The molecule has 2 fully saturated rings. The molecule has 2 rings (SSSR count). The number of nitrogens with one attached hydrogen (secondary N) is 1. The second-order valence-corrected chi connectivity index (χ2v) is 7.52. The van der Waals surface area contributed by atoms with E-state index in [0.717, 1.165) is 38.0 Å². The van der Waals surface area contributed by atoms with Crippen LogP contribution >= 0.6 is 7.92 Å². The Labute approximate surface area is 97.8 Å². The van der Waals surface area contributed by atoms with Gasteiger partial charge in [0.15, 0.2) is 0 Å². The van der Waals surface area contributed by atoms with Crippen molar-refractivity contribution in [1.82, 2.24) is 5.32 Å². The third kappa shape index (κ3) is 2.27. The first-order valence-electron chi connectivity index (χ1n) is 6.02. The van der Waals surface area contributed by atoms with Gasteiger partial charge in [-0.05, 0) is 38.0 Å². The molecule has 16 heavy (non-hydrogen) atoms. The van der Waals surface area contributed by atoms with Crippen LogP contribution in [0.15, 0.2) is 0 Å². The first-order valence-corrected chi connectivity index (χ1v) is 7.92. The summed E-state index contributed by atoms with van der Waals surface area (Å²) in [6, 6.07) is 0. The van der Waals surface area contributed by atoms with Crippen LogP contribution in [0.2, 0.25) is 0 Å². The first-order chi connectivity index (χ1) is 7.67. The molecule has 2 aliphatic heterocycles. The van der Waals surface area contributed by atoms with Gasteiger partial charge < -0.3 is 20.6 Å². The van der Waals surface area contributed by atoms with E-state index in [2.05, 4.69) is 5.32 Å². The Hall–Kier alpha value is 0.270. The van der Waals surface area contributed by atoms with E-state index in [9.17, 15) is 5.11 Å². The van der Waals surface area contributed by atoms with Crippen molar-refractivity contribution in [1.29, 1.82) is 0 Å². The van der Waals surface area contributed by atoms with Crippen LogP contribution in [0.4, 0.5) is 0 Å². The van der Waals surface area contributed by atoms with Crippen molar-refractivity contribution in [3.63, 3.8) is 0 Å². The number of aliphatic hydroxyl groups is 3. The van der Waals surface area contributed by atoms with E-state index in [-0.39, 0.29) is 38.6 Å². The maximum absolute atomic E-state index is 9.40. The summed E-state index contributed by atoms with van der Waals surface area (Å²) >= 11 is 0. The van der Waals surface area contributed by atoms with Gasteiger partial charge in [0.25, 0.3) is 0 Å². The molecule has 0 aromatic carbocycles. The molecular formula is C11H22NO3P. The van der Waals surface area contributed by atoms with E-state index in [0.29, 0.717) is 0 Å². The topological polar surface area (TPSA) is 72.7 Å². The zero-order valence-electron chi connectivity index (χ0n) is 9.65. The SMILES string of the molecule is OCCC12CCC(CCO)(CP(CO)C1)N2. The lowest BCUT2D eigenvalue weighted by Crippen LogP contribution is -2.58. The standard InChI is InChI=1S/C11H22NO3P/c13-5-3-10-1-2-11(12-10,4-6-14)8-16(7-10)9-15/h12-15H,1-9H2. The van der Waals surface area contributed by atoms with E-state index in [1.165, 1.54) is 0 Å². The Balaban J connectivity index is 2.13. The van der Waals surface area contributed by atoms with E-state index in [1.54, 1.807) is 0 Å². The zero-order valence-corrected chi connectivity index (χ0v) is 10.5. The maximum atomic E-state index is 9.40. The Morgan fingerprint density at radius 2 is 1.44 bits per heavy atom. The molecule has 0 amide bonds. The summed E-state index contributed by atoms with van der Waals surface area (Å²) < 4.78 is 0. The minimum absolute atomic E-state index is 0.0383. The van der Waals surface area contributed by atoms with Crippen molar-refractivity contribution in [2.45, 2.75) is 36.8 Å². The third-order valence-electron chi connectivity index (χ3n) is 4.05. The molecule has 0 saturated carbocycles. The van der Waals surface area contributed by atoms with Gasteiger partial charge in [-0.3, -0.25) is 0 Å². The fourth-order valence-electron chi connectivity index (χ4n) is 3.38. The number of rotatable bonds is 5. The van der Waals surface area contributed by atoms with Crippen LogP contribution in [-0.2, 0) is 0 Å². The van der Waals surface area contributed by atoms with Crippen LogP contribution in [-0.4, -0.2) is 58.3 Å². The summed E-state index contributed by atoms with van der Waals surface area (Å²) in [5, 5.41) is 31.4. The van der Waals surface area contributed by atoms with Crippen LogP contribution in [0, 0.1) is 0 Å². The summed E-state index contributed by atoms with van der Waals surface area (Å²) in [5.74, 6) is 0. The first kappa shape index (κ1) is 12.7. The predicted molar refractivity (Wildman–Crippen MR) is 65.0 cm³/mol. The molecule has 2 heterocycles. The molecule has 0 aromatic heterocycles. The van der Waals surface area contributed by atoms with Gasteiger partial charge in [-0.2, -0.15) is 0 Å². The van der Waals surface area contributed by atoms with Gasteiger partial charge in [0.05, 0.1) is 6.35 Å². The van der Waals surface area contributed by atoms with Crippen LogP contribution in [0.3, 0.4) is 0 Å². The van der Waals surface area contributed by atoms with Gasteiger partial charge in [-0.1, -0.05) is 7.92 Å². The normalized spacial score (nSPS) is 42.6. The highest BCUT2D eigenvalue weighted by Crippen LogP contribution is 2.54. The average molecular weight is 247 g/mol. The van der Waals surface area contributed by atoms with Crippen LogP contribution in [0.25, 0.3) is 0 Å². The molecule has 2 atom stereocenters. The number of hydrogen-bond donors (Lipinski definition) is 4. The van der Waals surface area contributed by atoms with Crippen molar-refractivity contribution in [2.75, 3.05) is 31.9 Å². The van der Waals surface area contributed by atoms with Crippen molar-refractivity contribution < 1.29 is 15.3 Å². The third-order valence-corrected chi connectivity index (χ3v) is 6.55. The van der Waals surface area contributed by atoms with Gasteiger partial charge >= 0.3 is 0 Å².